The van der Waals surface area contributed by atoms with Gasteiger partial charge in [-0.1, -0.05) is 30.3 Å². The predicted octanol–water partition coefficient (Wildman–Crippen LogP) is 4.04. The maximum absolute atomic E-state index is 12.5. The van der Waals surface area contributed by atoms with Crippen LogP contribution in [-0.4, -0.2) is 37.7 Å². The summed E-state index contributed by atoms with van der Waals surface area (Å²) in [6.07, 6.45) is -3.14. The SMILES string of the molecule is CN=C(NCCCOC(C)c1ccccc1)NCCc1nc(C(F)(F)F)cs1. The molecule has 2 aromatic rings. The van der Waals surface area contributed by atoms with Gasteiger partial charge in [-0.15, -0.1) is 11.3 Å². The van der Waals surface area contributed by atoms with E-state index in [1.807, 2.05) is 37.3 Å². The number of ether oxygens (including phenoxy) is 1. The maximum atomic E-state index is 12.5. The molecule has 2 N–H and O–H groups in total. The highest BCUT2D eigenvalue weighted by Gasteiger charge is 2.33. The topological polar surface area (TPSA) is 58.5 Å². The zero-order valence-corrected chi connectivity index (χ0v) is 16.7. The average Bonchev–Trinajstić information content (AvgIpc) is 3.16. The molecule has 0 bridgehead atoms. The standard InChI is InChI=1S/C19H25F3N4OS/c1-14(15-7-4-3-5-8-15)27-12-6-10-24-18(23-2)25-11-9-17-26-16(13-28-17)19(20,21)22/h3-5,7-8,13-14H,6,9-12H2,1-2H3,(H2,23,24,25). The van der Waals surface area contributed by atoms with Crippen molar-refractivity contribution in [1.29, 1.82) is 0 Å². The normalized spacial score (nSPS) is 13.4. The van der Waals surface area contributed by atoms with E-state index in [1.54, 1.807) is 7.05 Å². The lowest BCUT2D eigenvalue weighted by Crippen LogP contribution is -2.39. The Labute approximate surface area is 167 Å². The molecule has 0 spiro atoms. The van der Waals surface area contributed by atoms with Gasteiger partial charge < -0.3 is 15.4 Å². The highest BCUT2D eigenvalue weighted by molar-refractivity contribution is 7.09. The lowest BCUT2D eigenvalue weighted by atomic mass is 10.1. The number of thiazole rings is 1. The van der Waals surface area contributed by atoms with Crippen LogP contribution in [-0.2, 0) is 17.3 Å². The first-order valence-corrected chi connectivity index (χ1v) is 9.90. The van der Waals surface area contributed by atoms with Crippen molar-refractivity contribution in [3.63, 3.8) is 0 Å². The molecule has 0 aliphatic rings. The van der Waals surface area contributed by atoms with Gasteiger partial charge in [0.1, 0.15) is 0 Å². The minimum Gasteiger partial charge on any atom is -0.374 e. The summed E-state index contributed by atoms with van der Waals surface area (Å²) in [5, 5.41) is 7.72. The molecule has 1 aromatic carbocycles. The number of hydrogen-bond donors (Lipinski definition) is 2. The number of aliphatic imine (C=N–C) groups is 1. The summed E-state index contributed by atoms with van der Waals surface area (Å²) in [6, 6.07) is 10.0. The van der Waals surface area contributed by atoms with Crippen molar-refractivity contribution in [2.75, 3.05) is 26.7 Å². The minimum absolute atomic E-state index is 0.0403. The van der Waals surface area contributed by atoms with E-state index < -0.39 is 11.9 Å². The van der Waals surface area contributed by atoms with Crippen molar-refractivity contribution in [3.05, 3.63) is 52.0 Å². The van der Waals surface area contributed by atoms with Gasteiger partial charge in [0.05, 0.1) is 11.1 Å². The van der Waals surface area contributed by atoms with E-state index in [9.17, 15) is 13.2 Å². The molecule has 28 heavy (non-hydrogen) atoms. The second-order valence-electron chi connectivity index (χ2n) is 6.08. The first-order valence-electron chi connectivity index (χ1n) is 9.03. The summed E-state index contributed by atoms with van der Waals surface area (Å²) in [6.45, 7) is 3.76. The highest BCUT2D eigenvalue weighted by atomic mass is 32.1. The number of halogens is 3. The van der Waals surface area contributed by atoms with Gasteiger partial charge in [0.15, 0.2) is 11.7 Å². The Bertz CT molecular complexity index is 734. The molecule has 1 heterocycles. The van der Waals surface area contributed by atoms with Gasteiger partial charge in [0.25, 0.3) is 0 Å². The molecule has 0 amide bonds. The Hall–Kier alpha value is -2.13. The van der Waals surface area contributed by atoms with E-state index in [4.69, 9.17) is 4.74 Å². The molecular weight excluding hydrogens is 389 g/mol. The second kappa shape index (κ2) is 11.0. The van der Waals surface area contributed by atoms with Crippen LogP contribution in [0.5, 0.6) is 0 Å². The Morgan fingerprint density at radius 2 is 1.93 bits per heavy atom. The van der Waals surface area contributed by atoms with Gasteiger partial charge in [-0.25, -0.2) is 4.98 Å². The van der Waals surface area contributed by atoms with Crippen molar-refractivity contribution < 1.29 is 17.9 Å². The number of nitrogens with one attached hydrogen (secondary N) is 2. The highest BCUT2D eigenvalue weighted by Crippen LogP contribution is 2.30. The Balaban J connectivity index is 1.60. The molecule has 0 saturated heterocycles. The van der Waals surface area contributed by atoms with E-state index in [0.717, 1.165) is 28.7 Å². The van der Waals surface area contributed by atoms with E-state index >= 15 is 0 Å². The zero-order valence-electron chi connectivity index (χ0n) is 15.9. The molecule has 5 nitrogen and oxygen atoms in total. The average molecular weight is 414 g/mol. The summed E-state index contributed by atoms with van der Waals surface area (Å²) >= 11 is 1.01. The molecule has 0 aliphatic heterocycles. The largest absolute Gasteiger partial charge is 0.434 e. The molecule has 0 saturated carbocycles. The van der Waals surface area contributed by atoms with Crippen LogP contribution >= 0.6 is 11.3 Å². The molecular formula is C19H25F3N4OS. The smallest absolute Gasteiger partial charge is 0.374 e. The van der Waals surface area contributed by atoms with Crippen LogP contribution in [0.2, 0.25) is 0 Å². The monoisotopic (exact) mass is 414 g/mol. The van der Waals surface area contributed by atoms with Crippen LogP contribution in [0, 0.1) is 0 Å². The van der Waals surface area contributed by atoms with Gasteiger partial charge in [-0.05, 0) is 18.9 Å². The number of rotatable bonds is 9. The Kier molecular flexibility index (Phi) is 8.72. The fraction of sp³-hybridized carbons (Fsp3) is 0.474. The lowest BCUT2D eigenvalue weighted by molar-refractivity contribution is -0.140. The maximum Gasteiger partial charge on any atom is 0.434 e. The fourth-order valence-corrected chi connectivity index (χ4v) is 3.23. The van der Waals surface area contributed by atoms with Crippen LogP contribution in [0.15, 0.2) is 40.7 Å². The number of alkyl halides is 3. The summed E-state index contributed by atoms with van der Waals surface area (Å²) < 4.78 is 43.4. The van der Waals surface area contributed by atoms with E-state index in [-0.39, 0.29) is 6.10 Å². The molecule has 2 rings (SSSR count). The molecule has 1 aromatic heterocycles. The number of hydrogen-bond acceptors (Lipinski definition) is 4. The molecule has 1 unspecified atom stereocenters. The third-order valence-corrected chi connectivity index (χ3v) is 4.86. The minimum atomic E-state index is -4.39. The van der Waals surface area contributed by atoms with Crippen LogP contribution in [0.3, 0.4) is 0 Å². The van der Waals surface area contributed by atoms with Crippen molar-refractivity contribution in [2.45, 2.75) is 32.0 Å². The fourth-order valence-electron chi connectivity index (χ4n) is 2.42. The van der Waals surface area contributed by atoms with E-state index in [1.165, 1.54) is 0 Å². The molecule has 9 heteroatoms. The molecule has 0 radical (unpaired) electrons. The lowest BCUT2D eigenvalue weighted by Gasteiger charge is -2.14. The van der Waals surface area contributed by atoms with Gasteiger partial charge in [0, 0.05) is 38.5 Å². The van der Waals surface area contributed by atoms with E-state index in [0.29, 0.717) is 37.1 Å². The number of aromatic nitrogens is 1. The van der Waals surface area contributed by atoms with Crippen molar-refractivity contribution in [1.82, 2.24) is 15.6 Å². The summed E-state index contributed by atoms with van der Waals surface area (Å²) in [4.78, 5) is 7.71. The van der Waals surface area contributed by atoms with Crippen molar-refractivity contribution in [2.24, 2.45) is 4.99 Å². The van der Waals surface area contributed by atoms with E-state index in [2.05, 4.69) is 20.6 Å². The molecule has 0 aliphatic carbocycles. The van der Waals surface area contributed by atoms with Crippen LogP contribution in [0.4, 0.5) is 13.2 Å². The summed E-state index contributed by atoms with van der Waals surface area (Å²) in [7, 11) is 1.65. The second-order valence-corrected chi connectivity index (χ2v) is 7.02. The van der Waals surface area contributed by atoms with Crippen LogP contribution < -0.4 is 10.6 Å². The summed E-state index contributed by atoms with van der Waals surface area (Å²) in [5.74, 6) is 0.601. The third kappa shape index (κ3) is 7.47. The van der Waals surface area contributed by atoms with Gasteiger partial charge >= 0.3 is 6.18 Å². The molecule has 1 atom stereocenters. The van der Waals surface area contributed by atoms with Gasteiger partial charge in [0.2, 0.25) is 0 Å². The first-order chi connectivity index (χ1) is 13.4. The van der Waals surface area contributed by atoms with Crippen LogP contribution in [0.25, 0.3) is 0 Å². The number of nitrogens with zero attached hydrogens (tertiary/aromatic N) is 2. The predicted molar refractivity (Wildman–Crippen MR) is 106 cm³/mol. The third-order valence-electron chi connectivity index (χ3n) is 3.95. The van der Waals surface area contributed by atoms with Crippen molar-refractivity contribution in [3.8, 4) is 0 Å². The Morgan fingerprint density at radius 1 is 1.21 bits per heavy atom. The van der Waals surface area contributed by atoms with Gasteiger partial charge in [-0.2, -0.15) is 13.2 Å². The number of guanidine groups is 1. The first kappa shape index (κ1) is 22.2. The zero-order chi connectivity index (χ0) is 20.4. The van der Waals surface area contributed by atoms with Gasteiger partial charge in [-0.3, -0.25) is 4.99 Å². The summed E-state index contributed by atoms with van der Waals surface area (Å²) in [5.41, 5.74) is 0.309. The molecule has 0 fully saturated rings. The number of benzene rings is 1. The van der Waals surface area contributed by atoms with Crippen molar-refractivity contribution >= 4 is 17.3 Å². The Morgan fingerprint density at radius 3 is 2.57 bits per heavy atom. The quantitative estimate of drug-likeness (QED) is 0.369. The van der Waals surface area contributed by atoms with Crippen LogP contribution in [0.1, 0.15) is 35.7 Å². The molecule has 154 valence electrons.